The molecule has 64 valence electrons. The van der Waals surface area contributed by atoms with Gasteiger partial charge in [-0.15, -0.1) is 0 Å². The minimum Gasteiger partial charge on any atom is -0.380 e. The van der Waals surface area contributed by atoms with E-state index in [0.29, 0.717) is 13.1 Å². The van der Waals surface area contributed by atoms with Crippen LogP contribution in [-0.2, 0) is 4.79 Å². The van der Waals surface area contributed by atoms with E-state index in [4.69, 9.17) is 5.73 Å². The Kier molecular flexibility index (Phi) is 2.27. The third-order valence-electron chi connectivity index (χ3n) is 2.36. The lowest BCUT2D eigenvalue weighted by Gasteiger charge is -2.43. The second-order valence-corrected chi connectivity index (χ2v) is 2.98. The standard InChI is InChI=1S/C7H14N2O2/c1-5(10)7(11)3-2-6(7)9-4-8/h6,9,11H,2-4,8H2,1H3. The summed E-state index contributed by atoms with van der Waals surface area (Å²) >= 11 is 0. The lowest BCUT2D eigenvalue weighted by atomic mass is 9.72. The first-order valence-corrected chi connectivity index (χ1v) is 3.78. The minimum atomic E-state index is -1.14. The summed E-state index contributed by atoms with van der Waals surface area (Å²) in [6, 6.07) is -0.134. The highest BCUT2D eigenvalue weighted by atomic mass is 16.3. The number of nitrogens with two attached hydrogens (primary N) is 1. The summed E-state index contributed by atoms with van der Waals surface area (Å²) in [4.78, 5) is 10.9. The first-order valence-electron chi connectivity index (χ1n) is 3.78. The molecule has 4 heteroatoms. The molecular weight excluding hydrogens is 144 g/mol. The van der Waals surface area contributed by atoms with E-state index < -0.39 is 5.60 Å². The van der Waals surface area contributed by atoms with Crippen LogP contribution < -0.4 is 11.1 Å². The minimum absolute atomic E-state index is 0.134. The van der Waals surface area contributed by atoms with Crippen molar-refractivity contribution in [2.24, 2.45) is 5.73 Å². The van der Waals surface area contributed by atoms with Crippen LogP contribution in [0.5, 0.6) is 0 Å². The molecule has 1 aliphatic rings. The summed E-state index contributed by atoms with van der Waals surface area (Å²) in [6.45, 7) is 1.71. The number of hydrogen-bond acceptors (Lipinski definition) is 4. The van der Waals surface area contributed by atoms with Crippen molar-refractivity contribution < 1.29 is 9.90 Å². The molecule has 4 nitrogen and oxygen atoms in total. The fourth-order valence-electron chi connectivity index (χ4n) is 1.40. The van der Waals surface area contributed by atoms with Crippen molar-refractivity contribution in [3.8, 4) is 0 Å². The van der Waals surface area contributed by atoms with Crippen LogP contribution in [-0.4, -0.2) is 29.2 Å². The summed E-state index contributed by atoms with van der Waals surface area (Å²) in [7, 11) is 0. The van der Waals surface area contributed by atoms with Gasteiger partial charge in [0.15, 0.2) is 5.78 Å². The largest absolute Gasteiger partial charge is 0.380 e. The predicted molar refractivity (Wildman–Crippen MR) is 40.8 cm³/mol. The molecule has 4 N–H and O–H groups in total. The molecule has 0 aromatic rings. The van der Waals surface area contributed by atoms with Crippen LogP contribution in [0.4, 0.5) is 0 Å². The average Bonchev–Trinajstić information content (AvgIpc) is 1.96. The Morgan fingerprint density at radius 2 is 2.55 bits per heavy atom. The van der Waals surface area contributed by atoms with Gasteiger partial charge in [-0.3, -0.25) is 10.1 Å². The number of ketones is 1. The number of carbonyl (C=O) groups excluding carboxylic acids is 1. The third-order valence-corrected chi connectivity index (χ3v) is 2.36. The number of carbonyl (C=O) groups is 1. The molecule has 2 unspecified atom stereocenters. The molecule has 0 aromatic heterocycles. The van der Waals surface area contributed by atoms with E-state index >= 15 is 0 Å². The lowest BCUT2D eigenvalue weighted by Crippen LogP contribution is -2.63. The van der Waals surface area contributed by atoms with Crippen molar-refractivity contribution in [1.82, 2.24) is 5.32 Å². The van der Waals surface area contributed by atoms with Gasteiger partial charge < -0.3 is 10.8 Å². The molecule has 1 rings (SSSR count). The molecule has 0 bridgehead atoms. The Labute approximate surface area is 65.8 Å². The number of Topliss-reactive ketones (excluding diaryl/α,β-unsaturated/α-hetero) is 1. The quantitative estimate of drug-likeness (QED) is 0.459. The zero-order valence-corrected chi connectivity index (χ0v) is 6.63. The molecule has 0 saturated heterocycles. The molecule has 1 aliphatic carbocycles. The maximum absolute atomic E-state index is 10.9. The van der Waals surface area contributed by atoms with E-state index in [-0.39, 0.29) is 11.8 Å². The molecule has 2 atom stereocenters. The van der Waals surface area contributed by atoms with Gasteiger partial charge >= 0.3 is 0 Å². The monoisotopic (exact) mass is 158 g/mol. The smallest absolute Gasteiger partial charge is 0.162 e. The van der Waals surface area contributed by atoms with Crippen LogP contribution in [0.1, 0.15) is 19.8 Å². The van der Waals surface area contributed by atoms with Crippen molar-refractivity contribution in [3.05, 3.63) is 0 Å². The Morgan fingerprint density at radius 1 is 1.91 bits per heavy atom. The molecule has 0 amide bonds. The van der Waals surface area contributed by atoms with Crippen molar-refractivity contribution >= 4 is 5.78 Å². The molecular formula is C7H14N2O2. The van der Waals surface area contributed by atoms with Crippen molar-refractivity contribution in [1.29, 1.82) is 0 Å². The average molecular weight is 158 g/mol. The zero-order valence-electron chi connectivity index (χ0n) is 6.63. The Morgan fingerprint density at radius 3 is 2.82 bits per heavy atom. The van der Waals surface area contributed by atoms with Crippen LogP contribution in [0.25, 0.3) is 0 Å². The lowest BCUT2D eigenvalue weighted by molar-refractivity contribution is -0.149. The third kappa shape index (κ3) is 1.29. The highest BCUT2D eigenvalue weighted by Crippen LogP contribution is 2.32. The van der Waals surface area contributed by atoms with E-state index in [1.165, 1.54) is 6.92 Å². The van der Waals surface area contributed by atoms with Crippen LogP contribution in [0, 0.1) is 0 Å². The Balaban J connectivity index is 2.52. The highest BCUT2D eigenvalue weighted by molar-refractivity contribution is 5.86. The first kappa shape index (κ1) is 8.64. The molecule has 0 aromatic carbocycles. The first-order chi connectivity index (χ1) is 5.11. The van der Waals surface area contributed by atoms with Gasteiger partial charge in [-0.05, 0) is 19.8 Å². The maximum atomic E-state index is 10.9. The summed E-state index contributed by atoms with van der Waals surface area (Å²) in [5, 5.41) is 12.5. The summed E-state index contributed by atoms with van der Waals surface area (Å²) in [6.07, 6.45) is 1.38. The van der Waals surface area contributed by atoms with Gasteiger partial charge in [0.2, 0.25) is 0 Å². The van der Waals surface area contributed by atoms with Gasteiger partial charge in [0.05, 0.1) is 0 Å². The maximum Gasteiger partial charge on any atom is 0.162 e. The van der Waals surface area contributed by atoms with Crippen LogP contribution >= 0.6 is 0 Å². The summed E-state index contributed by atoms with van der Waals surface area (Å²) in [5.41, 5.74) is 4.09. The number of nitrogens with one attached hydrogen (secondary N) is 1. The highest BCUT2D eigenvalue weighted by Gasteiger charge is 2.48. The van der Waals surface area contributed by atoms with Crippen molar-refractivity contribution in [3.63, 3.8) is 0 Å². The van der Waals surface area contributed by atoms with E-state index in [1.54, 1.807) is 0 Å². The fourth-order valence-corrected chi connectivity index (χ4v) is 1.40. The summed E-state index contributed by atoms with van der Waals surface area (Å²) < 4.78 is 0. The molecule has 0 radical (unpaired) electrons. The zero-order chi connectivity index (χ0) is 8.48. The normalized spacial score (nSPS) is 36.5. The van der Waals surface area contributed by atoms with Gasteiger partial charge in [-0.1, -0.05) is 0 Å². The van der Waals surface area contributed by atoms with E-state index in [1.807, 2.05) is 0 Å². The van der Waals surface area contributed by atoms with Gasteiger partial charge in [0, 0.05) is 12.7 Å². The molecule has 1 saturated carbocycles. The second-order valence-electron chi connectivity index (χ2n) is 2.98. The predicted octanol–water partition coefficient (Wildman–Crippen LogP) is -1.03. The van der Waals surface area contributed by atoms with E-state index in [2.05, 4.69) is 5.32 Å². The van der Waals surface area contributed by atoms with Gasteiger partial charge in [-0.2, -0.15) is 0 Å². The van der Waals surface area contributed by atoms with Gasteiger partial charge in [-0.25, -0.2) is 0 Å². The Bertz CT molecular complexity index is 172. The summed E-state index contributed by atoms with van der Waals surface area (Å²) in [5.74, 6) is -0.172. The number of aliphatic hydroxyl groups is 1. The second kappa shape index (κ2) is 2.89. The fraction of sp³-hybridized carbons (Fsp3) is 0.857. The molecule has 0 aliphatic heterocycles. The van der Waals surface area contributed by atoms with E-state index in [9.17, 15) is 9.90 Å². The van der Waals surface area contributed by atoms with Gasteiger partial charge in [0.1, 0.15) is 5.60 Å². The van der Waals surface area contributed by atoms with Crippen LogP contribution in [0.2, 0.25) is 0 Å². The van der Waals surface area contributed by atoms with Crippen molar-refractivity contribution in [2.75, 3.05) is 6.67 Å². The number of hydrogen-bond donors (Lipinski definition) is 3. The van der Waals surface area contributed by atoms with Gasteiger partial charge in [0.25, 0.3) is 0 Å². The molecule has 0 spiro atoms. The van der Waals surface area contributed by atoms with Crippen LogP contribution in [0.15, 0.2) is 0 Å². The molecule has 0 heterocycles. The van der Waals surface area contributed by atoms with Crippen LogP contribution in [0.3, 0.4) is 0 Å². The topological polar surface area (TPSA) is 75.3 Å². The Hall–Kier alpha value is -0.450. The SMILES string of the molecule is CC(=O)C1(O)CCC1NCN. The van der Waals surface area contributed by atoms with Crippen molar-refractivity contribution in [2.45, 2.75) is 31.4 Å². The number of rotatable bonds is 3. The van der Waals surface area contributed by atoms with E-state index in [0.717, 1.165) is 6.42 Å². The molecule has 1 fully saturated rings. The molecule has 11 heavy (non-hydrogen) atoms.